The Morgan fingerprint density at radius 3 is 3.12 bits per heavy atom. The minimum Gasteiger partial charge on any atom is -0.365 e. The number of amides is 1. The maximum atomic E-state index is 12.8. The highest BCUT2D eigenvalue weighted by Gasteiger charge is 2.27. The minimum atomic E-state index is 0.0683. The maximum Gasteiger partial charge on any atom is 0.272 e. The summed E-state index contributed by atoms with van der Waals surface area (Å²) in [6, 6.07) is 2.04. The van der Waals surface area contributed by atoms with Crippen LogP contribution in [0.1, 0.15) is 47.9 Å². The lowest BCUT2D eigenvalue weighted by Gasteiger charge is -2.33. The average molecular weight is 340 g/mol. The van der Waals surface area contributed by atoms with E-state index in [1.807, 2.05) is 11.8 Å². The Labute approximate surface area is 147 Å². The van der Waals surface area contributed by atoms with Crippen LogP contribution in [0.4, 0.5) is 5.82 Å². The topological polar surface area (TPSA) is 75.9 Å². The molecule has 0 saturated carbocycles. The van der Waals surface area contributed by atoms with Crippen LogP contribution in [0.2, 0.25) is 0 Å². The van der Waals surface area contributed by atoms with Gasteiger partial charge in [0.05, 0.1) is 0 Å². The van der Waals surface area contributed by atoms with Gasteiger partial charge in [0.1, 0.15) is 17.8 Å². The molecule has 1 saturated heterocycles. The van der Waals surface area contributed by atoms with Gasteiger partial charge >= 0.3 is 0 Å². The van der Waals surface area contributed by atoms with Gasteiger partial charge in [0.2, 0.25) is 0 Å². The number of hydrogen-bond donors (Lipinski definition) is 1. The van der Waals surface area contributed by atoms with Gasteiger partial charge in [-0.3, -0.25) is 9.48 Å². The zero-order valence-electron chi connectivity index (χ0n) is 14.6. The first-order chi connectivity index (χ1) is 12.3. The van der Waals surface area contributed by atoms with Crippen molar-refractivity contribution in [2.45, 2.75) is 51.6 Å². The number of aryl methyl sites for hydroxylation is 2. The molecule has 7 heteroatoms. The molecule has 7 nitrogen and oxygen atoms in total. The lowest BCUT2D eigenvalue weighted by Crippen LogP contribution is -2.45. The van der Waals surface area contributed by atoms with E-state index in [1.165, 1.54) is 11.3 Å². The summed E-state index contributed by atoms with van der Waals surface area (Å²) >= 11 is 0. The highest BCUT2D eigenvalue weighted by atomic mass is 16.2. The highest BCUT2D eigenvalue weighted by Crippen LogP contribution is 2.26. The molecule has 1 fully saturated rings. The van der Waals surface area contributed by atoms with Crippen LogP contribution in [0.15, 0.2) is 18.6 Å². The van der Waals surface area contributed by atoms with E-state index < -0.39 is 0 Å². The summed E-state index contributed by atoms with van der Waals surface area (Å²) < 4.78 is 1.76. The van der Waals surface area contributed by atoms with Gasteiger partial charge in [-0.15, -0.1) is 0 Å². The van der Waals surface area contributed by atoms with Crippen molar-refractivity contribution in [3.05, 3.63) is 35.5 Å². The number of carbonyl (C=O) groups is 1. The van der Waals surface area contributed by atoms with Crippen molar-refractivity contribution < 1.29 is 4.79 Å². The number of carbonyl (C=O) groups excluding carboxylic acids is 1. The van der Waals surface area contributed by atoms with Crippen molar-refractivity contribution in [2.24, 2.45) is 0 Å². The van der Waals surface area contributed by atoms with Crippen LogP contribution in [0.3, 0.4) is 0 Å². The van der Waals surface area contributed by atoms with E-state index in [-0.39, 0.29) is 11.9 Å². The van der Waals surface area contributed by atoms with E-state index in [4.69, 9.17) is 0 Å². The predicted octanol–water partition coefficient (Wildman–Crippen LogP) is 1.90. The second-order valence-corrected chi connectivity index (χ2v) is 6.77. The van der Waals surface area contributed by atoms with Crippen molar-refractivity contribution in [1.82, 2.24) is 24.6 Å². The molecule has 4 rings (SSSR count). The third-order valence-electron chi connectivity index (χ3n) is 5.16. The van der Waals surface area contributed by atoms with Gasteiger partial charge in [0, 0.05) is 43.1 Å². The summed E-state index contributed by atoms with van der Waals surface area (Å²) in [6.07, 6.45) is 8.64. The van der Waals surface area contributed by atoms with E-state index in [1.54, 1.807) is 23.3 Å². The third kappa shape index (κ3) is 3.10. The molecule has 1 unspecified atom stereocenters. The first-order valence-electron chi connectivity index (χ1n) is 9.16. The van der Waals surface area contributed by atoms with E-state index in [0.29, 0.717) is 18.8 Å². The fourth-order valence-corrected chi connectivity index (χ4v) is 3.89. The summed E-state index contributed by atoms with van der Waals surface area (Å²) in [5.41, 5.74) is 3.11. The van der Waals surface area contributed by atoms with Crippen molar-refractivity contribution in [3.63, 3.8) is 0 Å². The molecule has 2 aromatic heterocycles. The average Bonchev–Trinajstić information content (AvgIpc) is 3.30. The van der Waals surface area contributed by atoms with E-state index >= 15 is 0 Å². The lowest BCUT2D eigenvalue weighted by molar-refractivity contribution is 0.0702. The number of nitrogens with zero attached hydrogens (tertiary/aromatic N) is 5. The maximum absolute atomic E-state index is 12.8. The van der Waals surface area contributed by atoms with Gasteiger partial charge in [-0.25, -0.2) is 9.97 Å². The number of rotatable bonds is 4. The van der Waals surface area contributed by atoms with Gasteiger partial charge in [0.25, 0.3) is 5.91 Å². The molecule has 2 aliphatic rings. The standard InChI is InChI=1S/C18H24N6O/c1-2-24-16(8-9-21-24)18(25)23-10-4-5-13(11-23)22-17-14-6-3-7-15(14)19-12-20-17/h8-9,12-13H,2-7,10-11H2,1H3,(H,19,20,22). The molecule has 1 aliphatic heterocycles. The molecule has 0 radical (unpaired) electrons. The number of hydrogen-bond acceptors (Lipinski definition) is 5. The molecule has 1 amide bonds. The molecule has 2 aromatic rings. The fraction of sp³-hybridized carbons (Fsp3) is 0.556. The molecule has 3 heterocycles. The SMILES string of the molecule is CCn1nccc1C(=O)N1CCCC(Nc2ncnc3c2CCC3)C1. The molecule has 25 heavy (non-hydrogen) atoms. The molecule has 0 aromatic carbocycles. The van der Waals surface area contributed by atoms with Crippen LogP contribution in [-0.2, 0) is 19.4 Å². The number of fused-ring (bicyclic) bond motifs is 1. The zero-order valence-corrected chi connectivity index (χ0v) is 14.6. The normalized spacial score (nSPS) is 19.7. The van der Waals surface area contributed by atoms with Crippen LogP contribution >= 0.6 is 0 Å². The molecular weight excluding hydrogens is 316 g/mol. The molecule has 1 atom stereocenters. The summed E-state index contributed by atoms with van der Waals surface area (Å²) in [6.45, 7) is 4.21. The van der Waals surface area contributed by atoms with Gasteiger partial charge in [-0.05, 0) is 45.1 Å². The first-order valence-corrected chi connectivity index (χ1v) is 9.16. The van der Waals surface area contributed by atoms with Crippen molar-refractivity contribution in [2.75, 3.05) is 18.4 Å². The number of piperidine rings is 1. The van der Waals surface area contributed by atoms with E-state index in [0.717, 1.165) is 44.5 Å². The molecular formula is C18H24N6O. The van der Waals surface area contributed by atoms with Gasteiger partial charge in [0.15, 0.2) is 0 Å². The lowest BCUT2D eigenvalue weighted by atomic mass is 10.0. The Bertz CT molecular complexity index is 771. The minimum absolute atomic E-state index is 0.0683. The van der Waals surface area contributed by atoms with Crippen LogP contribution in [0.5, 0.6) is 0 Å². The Balaban J connectivity index is 1.47. The molecule has 0 spiro atoms. The molecule has 1 N–H and O–H groups in total. The molecule has 132 valence electrons. The van der Waals surface area contributed by atoms with Gasteiger partial charge in [-0.1, -0.05) is 0 Å². The number of anilines is 1. The summed E-state index contributed by atoms with van der Waals surface area (Å²) in [5, 5.41) is 7.79. The highest BCUT2D eigenvalue weighted by molar-refractivity contribution is 5.92. The van der Waals surface area contributed by atoms with Crippen LogP contribution < -0.4 is 5.32 Å². The Morgan fingerprint density at radius 1 is 1.32 bits per heavy atom. The summed E-state index contributed by atoms with van der Waals surface area (Å²) in [5.74, 6) is 1.03. The summed E-state index contributed by atoms with van der Waals surface area (Å²) in [4.78, 5) is 23.6. The quantitative estimate of drug-likeness (QED) is 0.920. The zero-order chi connectivity index (χ0) is 17.2. The van der Waals surface area contributed by atoms with Crippen molar-refractivity contribution in [3.8, 4) is 0 Å². The number of aromatic nitrogens is 4. The van der Waals surface area contributed by atoms with Crippen LogP contribution in [0, 0.1) is 0 Å². The van der Waals surface area contributed by atoms with Gasteiger partial charge in [-0.2, -0.15) is 5.10 Å². The first kappa shape index (κ1) is 16.1. The predicted molar refractivity (Wildman–Crippen MR) is 94.5 cm³/mol. The largest absolute Gasteiger partial charge is 0.365 e. The second-order valence-electron chi connectivity index (χ2n) is 6.77. The van der Waals surface area contributed by atoms with Crippen LogP contribution in [0.25, 0.3) is 0 Å². The Kier molecular flexibility index (Phi) is 4.38. The smallest absolute Gasteiger partial charge is 0.272 e. The monoisotopic (exact) mass is 340 g/mol. The van der Waals surface area contributed by atoms with Crippen LogP contribution in [-0.4, -0.2) is 49.7 Å². The Hall–Kier alpha value is -2.44. The van der Waals surface area contributed by atoms with Crippen molar-refractivity contribution >= 4 is 11.7 Å². The molecule has 0 bridgehead atoms. The third-order valence-corrected chi connectivity index (χ3v) is 5.16. The van der Waals surface area contributed by atoms with Gasteiger partial charge < -0.3 is 10.2 Å². The number of nitrogens with one attached hydrogen (secondary N) is 1. The van der Waals surface area contributed by atoms with Crippen molar-refractivity contribution in [1.29, 1.82) is 0 Å². The Morgan fingerprint density at radius 2 is 2.24 bits per heavy atom. The summed E-state index contributed by atoms with van der Waals surface area (Å²) in [7, 11) is 0. The fourth-order valence-electron chi connectivity index (χ4n) is 3.89. The van der Waals surface area contributed by atoms with E-state index in [2.05, 4.69) is 20.4 Å². The number of likely N-dealkylation sites (tertiary alicyclic amines) is 1. The van der Waals surface area contributed by atoms with E-state index in [9.17, 15) is 4.79 Å². The second kappa shape index (κ2) is 6.82. The molecule has 1 aliphatic carbocycles.